The van der Waals surface area contributed by atoms with Crippen LogP contribution in [0.5, 0.6) is 0 Å². The Morgan fingerprint density at radius 1 is 1.42 bits per heavy atom. The lowest BCUT2D eigenvalue weighted by molar-refractivity contribution is 0.774. The van der Waals surface area contributed by atoms with Gasteiger partial charge in [-0.1, -0.05) is 19.1 Å². The molecule has 0 amide bonds. The van der Waals surface area contributed by atoms with E-state index in [0.717, 1.165) is 0 Å². The Kier molecular flexibility index (Phi) is 2.84. The SMILES string of the molecule is CC(CN)c1ccc(C#N)cc1. The second kappa shape index (κ2) is 3.89. The van der Waals surface area contributed by atoms with E-state index in [1.807, 2.05) is 24.3 Å². The van der Waals surface area contributed by atoms with E-state index in [4.69, 9.17) is 11.0 Å². The van der Waals surface area contributed by atoms with E-state index in [0.29, 0.717) is 18.0 Å². The molecule has 1 unspecified atom stereocenters. The molecule has 0 radical (unpaired) electrons. The summed E-state index contributed by atoms with van der Waals surface area (Å²) in [5.41, 5.74) is 7.40. The van der Waals surface area contributed by atoms with E-state index in [9.17, 15) is 0 Å². The molecule has 2 N–H and O–H groups in total. The topological polar surface area (TPSA) is 49.8 Å². The summed E-state index contributed by atoms with van der Waals surface area (Å²) >= 11 is 0. The van der Waals surface area contributed by atoms with E-state index >= 15 is 0 Å². The van der Waals surface area contributed by atoms with Crippen LogP contribution in [-0.4, -0.2) is 6.54 Å². The average Bonchev–Trinajstić information content (AvgIpc) is 2.17. The minimum atomic E-state index is 0.373. The van der Waals surface area contributed by atoms with Gasteiger partial charge in [-0.05, 0) is 30.2 Å². The van der Waals surface area contributed by atoms with Gasteiger partial charge in [-0.25, -0.2) is 0 Å². The van der Waals surface area contributed by atoms with Crippen LogP contribution < -0.4 is 5.73 Å². The van der Waals surface area contributed by atoms with E-state index < -0.39 is 0 Å². The van der Waals surface area contributed by atoms with Gasteiger partial charge in [0.05, 0.1) is 11.6 Å². The van der Waals surface area contributed by atoms with Crippen molar-refractivity contribution in [3.05, 3.63) is 35.4 Å². The molecule has 2 nitrogen and oxygen atoms in total. The fourth-order valence-corrected chi connectivity index (χ4v) is 1.02. The number of nitriles is 1. The van der Waals surface area contributed by atoms with Crippen LogP contribution in [0.1, 0.15) is 24.0 Å². The van der Waals surface area contributed by atoms with Gasteiger partial charge < -0.3 is 5.73 Å². The van der Waals surface area contributed by atoms with Gasteiger partial charge in [0.25, 0.3) is 0 Å². The van der Waals surface area contributed by atoms with E-state index in [2.05, 4.69) is 13.0 Å². The van der Waals surface area contributed by atoms with Crippen LogP contribution in [-0.2, 0) is 0 Å². The average molecular weight is 160 g/mol. The minimum Gasteiger partial charge on any atom is -0.330 e. The molecule has 0 aliphatic rings. The van der Waals surface area contributed by atoms with Crippen molar-refractivity contribution in [3.63, 3.8) is 0 Å². The van der Waals surface area contributed by atoms with Gasteiger partial charge in [0.15, 0.2) is 0 Å². The summed E-state index contributed by atoms with van der Waals surface area (Å²) in [4.78, 5) is 0. The zero-order chi connectivity index (χ0) is 8.97. The van der Waals surface area contributed by atoms with Crippen LogP contribution in [0.25, 0.3) is 0 Å². The molecule has 0 saturated heterocycles. The van der Waals surface area contributed by atoms with Crippen molar-refractivity contribution in [1.82, 2.24) is 0 Å². The Balaban J connectivity index is 2.86. The molecule has 0 saturated carbocycles. The lowest BCUT2D eigenvalue weighted by Gasteiger charge is -2.07. The number of nitrogens with two attached hydrogens (primary N) is 1. The highest BCUT2D eigenvalue weighted by Crippen LogP contribution is 2.13. The minimum absolute atomic E-state index is 0.373. The van der Waals surface area contributed by atoms with Crippen LogP contribution in [0.15, 0.2) is 24.3 Å². The quantitative estimate of drug-likeness (QED) is 0.714. The van der Waals surface area contributed by atoms with Gasteiger partial charge in [-0.2, -0.15) is 5.26 Å². The molecule has 2 heteroatoms. The fraction of sp³-hybridized carbons (Fsp3) is 0.300. The summed E-state index contributed by atoms with van der Waals surface area (Å²) in [5.74, 6) is 0.373. The highest BCUT2D eigenvalue weighted by atomic mass is 14.5. The molecule has 12 heavy (non-hydrogen) atoms. The van der Waals surface area contributed by atoms with Crippen molar-refractivity contribution < 1.29 is 0 Å². The first-order chi connectivity index (χ1) is 5.77. The second-order valence-corrected chi connectivity index (χ2v) is 2.87. The molecule has 0 heterocycles. The van der Waals surface area contributed by atoms with E-state index in [1.54, 1.807) is 0 Å². The van der Waals surface area contributed by atoms with Crippen LogP contribution in [0.4, 0.5) is 0 Å². The Hall–Kier alpha value is -1.33. The summed E-state index contributed by atoms with van der Waals surface area (Å²) in [6, 6.07) is 9.63. The van der Waals surface area contributed by atoms with E-state index in [-0.39, 0.29) is 0 Å². The van der Waals surface area contributed by atoms with Crippen molar-refractivity contribution in [1.29, 1.82) is 5.26 Å². The predicted molar refractivity (Wildman–Crippen MR) is 48.6 cm³/mol. The van der Waals surface area contributed by atoms with E-state index in [1.165, 1.54) is 5.56 Å². The molecule has 1 aromatic carbocycles. The predicted octanol–water partition coefficient (Wildman–Crippen LogP) is 1.62. The summed E-state index contributed by atoms with van der Waals surface area (Å²) in [7, 11) is 0. The summed E-state index contributed by atoms with van der Waals surface area (Å²) in [5, 5.41) is 8.55. The lowest BCUT2D eigenvalue weighted by Crippen LogP contribution is -2.08. The highest BCUT2D eigenvalue weighted by Gasteiger charge is 2.01. The lowest BCUT2D eigenvalue weighted by atomic mass is 10.0. The maximum Gasteiger partial charge on any atom is 0.0991 e. The molecule has 0 aliphatic heterocycles. The number of hydrogen-bond donors (Lipinski definition) is 1. The summed E-state index contributed by atoms with van der Waals surface area (Å²) in [6.45, 7) is 2.72. The Morgan fingerprint density at radius 2 is 2.00 bits per heavy atom. The van der Waals surface area contributed by atoms with Gasteiger partial charge in [-0.15, -0.1) is 0 Å². The first-order valence-corrected chi connectivity index (χ1v) is 3.98. The Bertz CT molecular complexity index is 282. The molecule has 1 rings (SSSR count). The fourth-order valence-electron chi connectivity index (χ4n) is 1.02. The highest BCUT2D eigenvalue weighted by molar-refractivity contribution is 5.32. The van der Waals surface area contributed by atoms with Gasteiger partial charge >= 0.3 is 0 Å². The molecule has 0 aliphatic carbocycles. The normalized spacial score (nSPS) is 12.1. The molecule has 0 bridgehead atoms. The molecule has 1 atom stereocenters. The summed E-state index contributed by atoms with van der Waals surface area (Å²) in [6.07, 6.45) is 0. The maximum absolute atomic E-state index is 8.55. The van der Waals surface area contributed by atoms with Crippen molar-refractivity contribution in [3.8, 4) is 6.07 Å². The Morgan fingerprint density at radius 3 is 2.42 bits per heavy atom. The van der Waals surface area contributed by atoms with Crippen molar-refractivity contribution >= 4 is 0 Å². The van der Waals surface area contributed by atoms with Crippen LogP contribution in [0.2, 0.25) is 0 Å². The summed E-state index contributed by atoms with van der Waals surface area (Å²) < 4.78 is 0. The zero-order valence-electron chi connectivity index (χ0n) is 7.12. The molecule has 62 valence electrons. The number of rotatable bonds is 2. The van der Waals surface area contributed by atoms with Crippen LogP contribution >= 0.6 is 0 Å². The number of hydrogen-bond acceptors (Lipinski definition) is 2. The second-order valence-electron chi connectivity index (χ2n) is 2.87. The van der Waals surface area contributed by atoms with Crippen molar-refractivity contribution in [2.75, 3.05) is 6.54 Å². The molecule has 0 fully saturated rings. The van der Waals surface area contributed by atoms with Crippen molar-refractivity contribution in [2.45, 2.75) is 12.8 Å². The maximum atomic E-state index is 8.55. The van der Waals surface area contributed by atoms with Gasteiger partial charge in [0.2, 0.25) is 0 Å². The standard InChI is InChI=1S/C10H12N2/c1-8(6-11)10-4-2-9(7-12)3-5-10/h2-5,8H,6,11H2,1H3. The van der Waals surface area contributed by atoms with Gasteiger partial charge in [-0.3, -0.25) is 0 Å². The third kappa shape index (κ3) is 1.84. The third-order valence-electron chi connectivity index (χ3n) is 1.96. The molecule has 0 aromatic heterocycles. The monoisotopic (exact) mass is 160 g/mol. The first-order valence-electron chi connectivity index (χ1n) is 3.98. The van der Waals surface area contributed by atoms with Gasteiger partial charge in [0.1, 0.15) is 0 Å². The largest absolute Gasteiger partial charge is 0.330 e. The zero-order valence-corrected chi connectivity index (χ0v) is 7.12. The number of nitrogens with zero attached hydrogens (tertiary/aromatic N) is 1. The molecular weight excluding hydrogens is 148 g/mol. The van der Waals surface area contributed by atoms with Gasteiger partial charge in [0, 0.05) is 0 Å². The smallest absolute Gasteiger partial charge is 0.0991 e. The Labute approximate surface area is 72.6 Å². The molecular formula is C10H12N2. The van der Waals surface area contributed by atoms with Crippen LogP contribution in [0, 0.1) is 11.3 Å². The molecule has 0 spiro atoms. The van der Waals surface area contributed by atoms with Crippen molar-refractivity contribution in [2.24, 2.45) is 5.73 Å². The van der Waals surface area contributed by atoms with Crippen LogP contribution in [0.3, 0.4) is 0 Å². The molecule has 1 aromatic rings. The first kappa shape index (κ1) is 8.76. The third-order valence-corrected chi connectivity index (χ3v) is 1.96. The number of benzene rings is 1.